The molecule has 5 nitrogen and oxygen atoms in total. The summed E-state index contributed by atoms with van der Waals surface area (Å²) in [5.74, 6) is -0.663. The Hall–Kier alpha value is -3.69. The first-order valence-corrected chi connectivity index (χ1v) is 10.5. The molecule has 1 heterocycles. The molecule has 0 saturated carbocycles. The lowest BCUT2D eigenvalue weighted by atomic mass is 9.98. The van der Waals surface area contributed by atoms with Gasteiger partial charge in [-0.2, -0.15) is 5.26 Å². The Bertz CT molecular complexity index is 1370. The number of amides is 1. The van der Waals surface area contributed by atoms with Crippen LogP contribution < -0.4 is 5.32 Å². The van der Waals surface area contributed by atoms with Gasteiger partial charge in [0.1, 0.15) is 11.3 Å². The second kappa shape index (κ2) is 8.81. The number of anilines is 1. The van der Waals surface area contributed by atoms with Crippen molar-refractivity contribution in [1.82, 2.24) is 4.98 Å². The number of nitrogens with zero attached hydrogens (tertiary/aromatic N) is 2. The molecule has 0 unspecified atom stereocenters. The van der Waals surface area contributed by atoms with Crippen LogP contribution in [0.25, 0.3) is 22.6 Å². The molecule has 1 amide bonds. The molecule has 160 valence electrons. The third-order valence-corrected chi connectivity index (χ3v) is 5.73. The molecule has 1 atom stereocenters. The Labute approximate surface area is 189 Å². The van der Waals surface area contributed by atoms with E-state index >= 15 is 0 Å². The largest absolute Gasteiger partial charge is 0.436 e. The molecule has 0 saturated heterocycles. The first kappa shape index (κ1) is 21.5. The van der Waals surface area contributed by atoms with Crippen LogP contribution in [0.5, 0.6) is 0 Å². The van der Waals surface area contributed by atoms with Gasteiger partial charge in [-0.1, -0.05) is 31.5 Å². The van der Waals surface area contributed by atoms with E-state index in [1.54, 1.807) is 18.2 Å². The third kappa shape index (κ3) is 4.20. The van der Waals surface area contributed by atoms with Gasteiger partial charge in [0.25, 0.3) is 5.91 Å². The number of oxazole rings is 1. The lowest BCUT2D eigenvalue weighted by Gasteiger charge is -2.09. The number of halogens is 2. The Morgan fingerprint density at radius 2 is 2.03 bits per heavy atom. The molecule has 4 aromatic rings. The van der Waals surface area contributed by atoms with Gasteiger partial charge >= 0.3 is 0 Å². The second-order valence-corrected chi connectivity index (χ2v) is 7.92. The van der Waals surface area contributed by atoms with Crippen molar-refractivity contribution in [3.8, 4) is 17.5 Å². The standard InChI is InChI=1S/C25H19ClFN3O2/c1-3-14(2)16-6-9-23-22(11-16)30-25(32-23)17-5-8-19(26)21(12-17)29-24(31)18-7-4-15(13-28)10-20(18)27/h4-12,14H,3H2,1-2H3,(H,29,31)/t14-/m1/s1. The minimum absolute atomic E-state index is 0.131. The molecule has 3 aromatic carbocycles. The monoisotopic (exact) mass is 447 g/mol. The zero-order valence-corrected chi connectivity index (χ0v) is 18.2. The van der Waals surface area contributed by atoms with Gasteiger partial charge < -0.3 is 9.73 Å². The summed E-state index contributed by atoms with van der Waals surface area (Å²) >= 11 is 6.25. The summed E-state index contributed by atoms with van der Waals surface area (Å²) in [6.07, 6.45) is 1.02. The molecular formula is C25H19ClFN3O2. The number of nitriles is 1. The minimum Gasteiger partial charge on any atom is -0.436 e. The van der Waals surface area contributed by atoms with E-state index < -0.39 is 11.7 Å². The van der Waals surface area contributed by atoms with Gasteiger partial charge in [0.2, 0.25) is 5.89 Å². The van der Waals surface area contributed by atoms with Crippen LogP contribution in [0.3, 0.4) is 0 Å². The number of hydrogen-bond acceptors (Lipinski definition) is 4. The SMILES string of the molecule is CC[C@@H](C)c1ccc2oc(-c3ccc(Cl)c(NC(=O)c4ccc(C#N)cc4F)c3)nc2c1. The maximum atomic E-state index is 14.2. The van der Waals surface area contributed by atoms with Crippen LogP contribution in [0.15, 0.2) is 59.0 Å². The molecule has 0 spiro atoms. The van der Waals surface area contributed by atoms with Crippen LogP contribution >= 0.6 is 11.6 Å². The van der Waals surface area contributed by atoms with E-state index in [1.165, 1.54) is 17.7 Å². The van der Waals surface area contributed by atoms with Crippen LogP contribution in [-0.2, 0) is 0 Å². The number of carbonyl (C=O) groups is 1. The summed E-state index contributed by atoms with van der Waals surface area (Å²) in [5, 5.41) is 11.8. The van der Waals surface area contributed by atoms with E-state index in [-0.39, 0.29) is 16.1 Å². The second-order valence-electron chi connectivity index (χ2n) is 7.51. The molecule has 0 fully saturated rings. The van der Waals surface area contributed by atoms with Crippen molar-refractivity contribution in [2.75, 3.05) is 5.32 Å². The Morgan fingerprint density at radius 1 is 1.22 bits per heavy atom. The Morgan fingerprint density at radius 3 is 2.75 bits per heavy atom. The van der Waals surface area contributed by atoms with E-state index in [2.05, 4.69) is 24.1 Å². The van der Waals surface area contributed by atoms with Crippen LogP contribution in [0, 0.1) is 17.1 Å². The quantitative estimate of drug-likeness (QED) is 0.360. The van der Waals surface area contributed by atoms with Gasteiger partial charge in [-0.3, -0.25) is 4.79 Å². The fourth-order valence-electron chi connectivity index (χ4n) is 3.32. The molecule has 32 heavy (non-hydrogen) atoms. The lowest BCUT2D eigenvalue weighted by Crippen LogP contribution is -2.14. The average molecular weight is 448 g/mol. The Kier molecular flexibility index (Phi) is 5.93. The van der Waals surface area contributed by atoms with Crippen LogP contribution in [-0.4, -0.2) is 10.9 Å². The summed E-state index contributed by atoms with van der Waals surface area (Å²) in [6.45, 7) is 4.30. The fourth-order valence-corrected chi connectivity index (χ4v) is 3.49. The molecule has 0 radical (unpaired) electrons. The highest BCUT2D eigenvalue weighted by atomic mass is 35.5. The molecule has 0 bridgehead atoms. The van der Waals surface area contributed by atoms with Gasteiger partial charge in [-0.05, 0) is 66.4 Å². The zero-order chi connectivity index (χ0) is 22.8. The highest BCUT2D eigenvalue weighted by Gasteiger charge is 2.16. The van der Waals surface area contributed by atoms with Gasteiger partial charge in [-0.25, -0.2) is 9.37 Å². The van der Waals surface area contributed by atoms with Crippen molar-refractivity contribution in [1.29, 1.82) is 5.26 Å². The van der Waals surface area contributed by atoms with Crippen molar-refractivity contribution in [3.63, 3.8) is 0 Å². The first-order valence-electron chi connectivity index (χ1n) is 10.1. The number of fused-ring (bicyclic) bond motifs is 1. The van der Waals surface area contributed by atoms with Crippen LogP contribution in [0.4, 0.5) is 10.1 Å². The third-order valence-electron chi connectivity index (χ3n) is 5.40. The molecule has 0 aliphatic rings. The van der Waals surface area contributed by atoms with E-state index in [9.17, 15) is 9.18 Å². The number of benzene rings is 3. The van der Waals surface area contributed by atoms with E-state index in [0.717, 1.165) is 18.0 Å². The van der Waals surface area contributed by atoms with Gasteiger partial charge in [0, 0.05) is 5.56 Å². The summed E-state index contributed by atoms with van der Waals surface area (Å²) in [6, 6.07) is 16.4. The summed E-state index contributed by atoms with van der Waals surface area (Å²) in [5.41, 5.74) is 3.45. The van der Waals surface area contributed by atoms with Crippen LogP contribution in [0.2, 0.25) is 5.02 Å². The number of hydrogen-bond donors (Lipinski definition) is 1. The summed E-state index contributed by atoms with van der Waals surface area (Å²) in [4.78, 5) is 17.2. The molecule has 7 heteroatoms. The highest BCUT2D eigenvalue weighted by molar-refractivity contribution is 6.34. The molecule has 0 aliphatic heterocycles. The van der Waals surface area contributed by atoms with Gasteiger partial charge in [0.15, 0.2) is 5.58 Å². The molecule has 0 aliphatic carbocycles. The van der Waals surface area contributed by atoms with E-state index in [0.29, 0.717) is 28.6 Å². The van der Waals surface area contributed by atoms with Gasteiger partial charge in [0.05, 0.1) is 27.9 Å². The summed E-state index contributed by atoms with van der Waals surface area (Å²) in [7, 11) is 0. The molecular weight excluding hydrogens is 429 g/mol. The maximum Gasteiger partial charge on any atom is 0.258 e. The predicted molar refractivity (Wildman–Crippen MR) is 122 cm³/mol. The maximum absolute atomic E-state index is 14.2. The molecule has 1 aromatic heterocycles. The number of rotatable bonds is 5. The smallest absolute Gasteiger partial charge is 0.258 e. The Balaban J connectivity index is 1.64. The van der Waals surface area contributed by atoms with Crippen LogP contribution in [0.1, 0.15) is 47.7 Å². The molecule has 1 N–H and O–H groups in total. The molecule has 4 rings (SSSR count). The highest BCUT2D eigenvalue weighted by Crippen LogP contribution is 2.32. The predicted octanol–water partition coefficient (Wildman–Crippen LogP) is 6.92. The topological polar surface area (TPSA) is 78.9 Å². The van der Waals surface area contributed by atoms with Crippen molar-refractivity contribution in [3.05, 3.63) is 82.1 Å². The zero-order valence-electron chi connectivity index (χ0n) is 17.4. The number of aromatic nitrogens is 1. The van der Waals surface area contributed by atoms with E-state index in [4.69, 9.17) is 21.3 Å². The lowest BCUT2D eigenvalue weighted by molar-refractivity contribution is 0.102. The van der Waals surface area contributed by atoms with Gasteiger partial charge in [-0.15, -0.1) is 0 Å². The average Bonchev–Trinajstić information content (AvgIpc) is 3.23. The number of nitrogens with one attached hydrogen (secondary N) is 1. The van der Waals surface area contributed by atoms with E-state index in [1.807, 2.05) is 24.3 Å². The van der Waals surface area contributed by atoms with Crippen molar-refractivity contribution in [2.24, 2.45) is 0 Å². The van der Waals surface area contributed by atoms with Crippen molar-refractivity contribution >= 4 is 34.3 Å². The fraction of sp³-hybridized carbons (Fsp3) is 0.160. The number of carbonyl (C=O) groups excluding carboxylic acids is 1. The van der Waals surface area contributed by atoms with Crippen molar-refractivity contribution < 1.29 is 13.6 Å². The summed E-state index contributed by atoms with van der Waals surface area (Å²) < 4.78 is 20.1. The first-order chi connectivity index (χ1) is 15.4. The minimum atomic E-state index is -0.787. The normalized spacial score (nSPS) is 11.8. The van der Waals surface area contributed by atoms with Crippen molar-refractivity contribution in [2.45, 2.75) is 26.2 Å².